The molecule has 0 atom stereocenters. The zero-order valence-electron chi connectivity index (χ0n) is 9.16. The van der Waals surface area contributed by atoms with Crippen LogP contribution in [-0.4, -0.2) is 34.0 Å². The van der Waals surface area contributed by atoms with Gasteiger partial charge in [-0.25, -0.2) is 13.4 Å². The number of rotatable bonds is 2. The zero-order chi connectivity index (χ0) is 12.9. The third-order valence-corrected chi connectivity index (χ3v) is 5.46. The number of hydrogen-bond donors (Lipinski definition) is 0. The second-order valence-corrected chi connectivity index (χ2v) is 7.04. The van der Waals surface area contributed by atoms with Gasteiger partial charge in [0.15, 0.2) is 10.8 Å². The van der Waals surface area contributed by atoms with Crippen molar-refractivity contribution in [1.82, 2.24) is 19.8 Å². The van der Waals surface area contributed by atoms with Crippen LogP contribution in [-0.2, 0) is 9.84 Å². The zero-order valence-corrected chi connectivity index (χ0v) is 11.6. The third kappa shape index (κ3) is 1.53. The van der Waals surface area contributed by atoms with Crippen LogP contribution in [0.25, 0.3) is 15.9 Å². The van der Waals surface area contributed by atoms with Crippen molar-refractivity contribution >= 4 is 48.6 Å². The van der Waals surface area contributed by atoms with E-state index in [1.54, 1.807) is 13.0 Å². The lowest BCUT2D eigenvalue weighted by molar-refractivity contribution is 0.593. The number of thiophene rings is 1. The molecule has 0 aliphatic rings. The topological polar surface area (TPSA) is 77.2 Å². The highest BCUT2D eigenvalue weighted by Gasteiger charge is 2.23. The first-order valence-corrected chi connectivity index (χ1v) is 7.96. The van der Waals surface area contributed by atoms with E-state index in [1.165, 1.54) is 15.9 Å². The largest absolute Gasteiger partial charge is 0.223 e. The van der Waals surface area contributed by atoms with Crippen LogP contribution < -0.4 is 0 Å². The Balaban J connectivity index is 2.49. The molecule has 18 heavy (non-hydrogen) atoms. The predicted octanol–water partition coefficient (Wildman–Crippen LogP) is 1.79. The highest BCUT2D eigenvalue weighted by atomic mass is 35.5. The molecular weight excluding hydrogens is 296 g/mol. The molecule has 0 saturated heterocycles. The molecule has 0 unspecified atom stereocenters. The smallest absolute Gasteiger partial charge is 0.222 e. The van der Waals surface area contributed by atoms with Crippen LogP contribution in [0.4, 0.5) is 0 Å². The molecule has 94 valence electrons. The molecule has 0 amide bonds. The van der Waals surface area contributed by atoms with E-state index in [0.29, 0.717) is 5.52 Å². The van der Waals surface area contributed by atoms with Gasteiger partial charge in [-0.1, -0.05) is 23.7 Å². The molecule has 0 aliphatic carbocycles. The Morgan fingerprint density at radius 1 is 1.50 bits per heavy atom. The Labute approximate surface area is 111 Å². The fourth-order valence-corrected chi connectivity index (χ4v) is 3.53. The summed E-state index contributed by atoms with van der Waals surface area (Å²) in [6.45, 7) is 1.55. The van der Waals surface area contributed by atoms with Crippen molar-refractivity contribution in [2.45, 2.75) is 11.9 Å². The summed E-state index contributed by atoms with van der Waals surface area (Å²) in [4.78, 5) is 4.08. The van der Waals surface area contributed by atoms with Gasteiger partial charge in [0.25, 0.3) is 0 Å². The summed E-state index contributed by atoms with van der Waals surface area (Å²) in [6.07, 6.45) is 0. The molecule has 0 fully saturated rings. The fourth-order valence-electron chi connectivity index (χ4n) is 1.63. The first-order valence-electron chi connectivity index (χ1n) is 5.05. The first-order chi connectivity index (χ1) is 8.54. The van der Waals surface area contributed by atoms with Crippen molar-refractivity contribution in [3.05, 3.63) is 16.6 Å². The highest BCUT2D eigenvalue weighted by molar-refractivity contribution is 7.91. The number of halogens is 1. The molecule has 6 nitrogen and oxygen atoms in total. The van der Waals surface area contributed by atoms with E-state index in [-0.39, 0.29) is 21.6 Å². The minimum Gasteiger partial charge on any atom is -0.222 e. The van der Waals surface area contributed by atoms with E-state index in [9.17, 15) is 8.42 Å². The lowest BCUT2D eigenvalue weighted by Gasteiger charge is -1.98. The van der Waals surface area contributed by atoms with Crippen LogP contribution in [0, 0.1) is 0 Å². The Morgan fingerprint density at radius 2 is 2.28 bits per heavy atom. The summed E-state index contributed by atoms with van der Waals surface area (Å²) in [6, 6.07) is 1.80. The number of sulfone groups is 1. The van der Waals surface area contributed by atoms with Gasteiger partial charge >= 0.3 is 0 Å². The molecule has 0 spiro atoms. The molecule has 9 heteroatoms. The van der Waals surface area contributed by atoms with Gasteiger partial charge in [0.05, 0.1) is 16.0 Å². The summed E-state index contributed by atoms with van der Waals surface area (Å²) in [5.74, 6) is -0.0532. The minimum atomic E-state index is -3.46. The lowest BCUT2D eigenvalue weighted by atomic mass is 10.5. The first kappa shape index (κ1) is 11.8. The van der Waals surface area contributed by atoms with Gasteiger partial charge in [-0.15, -0.1) is 16.4 Å². The van der Waals surface area contributed by atoms with Crippen LogP contribution in [0.2, 0.25) is 5.15 Å². The maximum absolute atomic E-state index is 11.9. The van der Waals surface area contributed by atoms with Gasteiger partial charge in [0, 0.05) is 0 Å². The quantitative estimate of drug-likeness (QED) is 0.674. The Bertz CT molecular complexity index is 852. The summed E-state index contributed by atoms with van der Waals surface area (Å²) >= 11 is 7.45. The Hall–Kier alpha value is -1.25. The van der Waals surface area contributed by atoms with Crippen molar-refractivity contribution in [1.29, 1.82) is 0 Å². The number of fused-ring (bicyclic) bond motifs is 3. The van der Waals surface area contributed by atoms with E-state index in [2.05, 4.69) is 15.3 Å². The summed E-state index contributed by atoms with van der Waals surface area (Å²) in [5.41, 5.74) is 0.882. The average Bonchev–Trinajstić information content (AvgIpc) is 2.93. The van der Waals surface area contributed by atoms with Gasteiger partial charge < -0.3 is 0 Å². The maximum atomic E-state index is 11.9. The maximum Gasteiger partial charge on any atom is 0.223 e. The van der Waals surface area contributed by atoms with Crippen LogP contribution >= 0.6 is 22.9 Å². The molecule has 3 heterocycles. The van der Waals surface area contributed by atoms with Gasteiger partial charge in [-0.2, -0.15) is 4.52 Å². The Morgan fingerprint density at radius 3 is 3.00 bits per heavy atom. The van der Waals surface area contributed by atoms with Crippen molar-refractivity contribution in [2.75, 3.05) is 5.75 Å². The number of nitrogens with zero attached hydrogens (tertiary/aromatic N) is 4. The van der Waals surface area contributed by atoms with Crippen molar-refractivity contribution in [2.24, 2.45) is 0 Å². The van der Waals surface area contributed by atoms with Gasteiger partial charge in [-0.05, 0) is 11.4 Å². The van der Waals surface area contributed by atoms with E-state index >= 15 is 0 Å². The molecule has 0 bridgehead atoms. The van der Waals surface area contributed by atoms with Crippen molar-refractivity contribution in [3.63, 3.8) is 0 Å². The summed E-state index contributed by atoms with van der Waals surface area (Å²) in [5, 5.41) is 9.55. The second kappa shape index (κ2) is 3.87. The molecular formula is C9H7ClN4O2S2. The predicted molar refractivity (Wildman–Crippen MR) is 68.9 cm³/mol. The molecule has 0 aliphatic heterocycles. The van der Waals surface area contributed by atoms with Crippen LogP contribution in [0.1, 0.15) is 6.92 Å². The Kier molecular flexibility index (Phi) is 2.54. The van der Waals surface area contributed by atoms with Gasteiger partial charge in [0.2, 0.25) is 14.9 Å². The molecule has 0 radical (unpaired) electrons. The number of hydrogen-bond acceptors (Lipinski definition) is 6. The highest BCUT2D eigenvalue weighted by Crippen LogP contribution is 2.29. The van der Waals surface area contributed by atoms with Crippen LogP contribution in [0.3, 0.4) is 0 Å². The molecule has 0 N–H and O–H groups in total. The molecule has 3 aromatic rings. The second-order valence-electron chi connectivity index (χ2n) is 3.57. The minimum absolute atomic E-state index is 0.0532. The molecule has 0 saturated carbocycles. The summed E-state index contributed by atoms with van der Waals surface area (Å²) in [7, 11) is -3.46. The normalized spacial score (nSPS) is 12.6. The van der Waals surface area contributed by atoms with Gasteiger partial charge in [0.1, 0.15) is 0 Å². The van der Waals surface area contributed by atoms with E-state index in [0.717, 1.165) is 4.70 Å². The average molecular weight is 303 g/mol. The summed E-state index contributed by atoms with van der Waals surface area (Å²) < 4.78 is 25.9. The standard InChI is InChI=1S/C9H7ClN4O2S2/c1-2-18(15,16)9-8-11-7(10)6-5(3-4-17-6)14(8)13-12-9/h3-4H,2H2,1H3. The van der Waals surface area contributed by atoms with Crippen molar-refractivity contribution in [3.8, 4) is 0 Å². The lowest BCUT2D eigenvalue weighted by Crippen LogP contribution is -2.05. The van der Waals surface area contributed by atoms with Crippen molar-refractivity contribution < 1.29 is 8.42 Å². The fraction of sp³-hybridized carbons (Fsp3) is 0.222. The van der Waals surface area contributed by atoms with Crippen LogP contribution in [0.5, 0.6) is 0 Å². The third-order valence-electron chi connectivity index (χ3n) is 2.56. The monoisotopic (exact) mass is 302 g/mol. The molecule has 3 rings (SSSR count). The number of aromatic nitrogens is 4. The van der Waals surface area contributed by atoms with E-state index in [1.807, 2.05) is 5.38 Å². The van der Waals surface area contributed by atoms with E-state index < -0.39 is 9.84 Å². The molecule has 0 aromatic carbocycles. The van der Waals surface area contributed by atoms with Gasteiger partial charge in [-0.3, -0.25) is 0 Å². The SMILES string of the molecule is CCS(=O)(=O)c1nnn2c1nc(Cl)c1sccc12. The van der Waals surface area contributed by atoms with Crippen LogP contribution in [0.15, 0.2) is 16.5 Å². The van der Waals surface area contributed by atoms with E-state index in [4.69, 9.17) is 11.6 Å². The molecule has 3 aromatic heterocycles.